The van der Waals surface area contributed by atoms with Gasteiger partial charge >= 0.3 is 6.09 Å². The van der Waals surface area contributed by atoms with Gasteiger partial charge in [0.25, 0.3) is 0 Å². The van der Waals surface area contributed by atoms with Crippen LogP contribution in [0.25, 0.3) is 0 Å². The molecular weight excluding hydrogens is 250 g/mol. The van der Waals surface area contributed by atoms with Gasteiger partial charge in [0.15, 0.2) is 6.29 Å². The smallest absolute Gasteiger partial charge is 0.408 e. The molecule has 1 rings (SSSR count). The Morgan fingerprint density at radius 3 is 2.83 bits per heavy atom. The van der Waals surface area contributed by atoms with Gasteiger partial charge in [-0.25, -0.2) is 4.79 Å². The lowest BCUT2D eigenvalue weighted by molar-refractivity contribution is 0.0535. The Kier molecular flexibility index (Phi) is 4.93. The third-order valence-corrected chi connectivity index (χ3v) is 2.52. The summed E-state index contributed by atoms with van der Waals surface area (Å²) in [5.41, 5.74) is 0.737. The minimum absolute atomic E-state index is 0.184. The van der Waals surface area contributed by atoms with Gasteiger partial charge in [-0.3, -0.25) is 4.79 Å². The average molecular weight is 265 g/mol. The highest BCUT2D eigenvalue weighted by Crippen LogP contribution is 2.11. The molecule has 4 nitrogen and oxygen atoms in total. The molecule has 1 amide bonds. The number of carbonyl (C=O) groups is 2. The van der Waals surface area contributed by atoms with Crippen LogP contribution in [0.2, 0.25) is 0 Å². The molecule has 1 N–H and O–H groups in total. The first kappa shape index (κ1) is 14.3. The monoisotopic (exact) mass is 265 g/mol. The van der Waals surface area contributed by atoms with Gasteiger partial charge in [-0.1, -0.05) is 11.8 Å². The van der Waals surface area contributed by atoms with Gasteiger partial charge < -0.3 is 10.1 Å². The SMILES string of the molecule is CC(C)(C)OC(=O)NCC#Cc1cscc1C=O. The third kappa shape index (κ3) is 5.02. The largest absolute Gasteiger partial charge is 0.444 e. The van der Waals surface area contributed by atoms with Crippen LogP contribution >= 0.6 is 11.3 Å². The van der Waals surface area contributed by atoms with Gasteiger partial charge in [0, 0.05) is 21.9 Å². The lowest BCUT2D eigenvalue weighted by Gasteiger charge is -2.18. The molecule has 0 atom stereocenters. The number of ether oxygens (including phenoxy) is 1. The molecule has 5 heteroatoms. The number of alkyl carbamates (subject to hydrolysis) is 1. The van der Waals surface area contributed by atoms with E-state index in [1.165, 1.54) is 11.3 Å². The molecule has 1 aromatic rings. The fourth-order valence-electron chi connectivity index (χ4n) is 1.07. The Labute approximate surface area is 110 Å². The van der Waals surface area contributed by atoms with Crippen LogP contribution in [0, 0.1) is 11.8 Å². The summed E-state index contributed by atoms with van der Waals surface area (Å²) in [6.45, 7) is 5.56. The molecule has 0 saturated carbocycles. The van der Waals surface area contributed by atoms with Crippen molar-refractivity contribution < 1.29 is 14.3 Å². The second kappa shape index (κ2) is 6.22. The highest BCUT2D eigenvalue weighted by molar-refractivity contribution is 7.08. The third-order valence-electron chi connectivity index (χ3n) is 1.76. The second-order valence-electron chi connectivity index (χ2n) is 4.52. The predicted octanol–water partition coefficient (Wildman–Crippen LogP) is 2.44. The van der Waals surface area contributed by atoms with Crippen LogP contribution in [0.3, 0.4) is 0 Å². The number of hydrogen-bond donors (Lipinski definition) is 1. The Morgan fingerprint density at radius 1 is 1.50 bits per heavy atom. The molecule has 0 aliphatic heterocycles. The molecule has 0 aliphatic rings. The summed E-state index contributed by atoms with van der Waals surface area (Å²) in [7, 11) is 0. The Morgan fingerprint density at radius 2 is 2.22 bits per heavy atom. The van der Waals surface area contributed by atoms with Crippen molar-refractivity contribution in [3.63, 3.8) is 0 Å². The molecule has 0 spiro atoms. The van der Waals surface area contributed by atoms with Gasteiger partial charge in [0.1, 0.15) is 5.60 Å². The van der Waals surface area contributed by atoms with Crippen LogP contribution < -0.4 is 5.32 Å². The van der Waals surface area contributed by atoms with Crippen LogP contribution in [0.5, 0.6) is 0 Å². The number of hydrogen-bond acceptors (Lipinski definition) is 4. The van der Waals surface area contributed by atoms with Crippen LogP contribution in [-0.4, -0.2) is 24.5 Å². The van der Waals surface area contributed by atoms with E-state index in [-0.39, 0.29) is 6.54 Å². The zero-order chi connectivity index (χ0) is 13.6. The zero-order valence-electron chi connectivity index (χ0n) is 10.6. The molecule has 18 heavy (non-hydrogen) atoms. The van der Waals surface area contributed by atoms with E-state index >= 15 is 0 Å². The first-order valence-electron chi connectivity index (χ1n) is 5.39. The van der Waals surface area contributed by atoms with Gasteiger partial charge in [0.05, 0.1) is 6.54 Å². The van der Waals surface area contributed by atoms with E-state index in [4.69, 9.17) is 4.74 Å². The predicted molar refractivity (Wildman–Crippen MR) is 70.8 cm³/mol. The van der Waals surface area contributed by atoms with Crippen molar-refractivity contribution in [1.82, 2.24) is 5.32 Å². The topological polar surface area (TPSA) is 55.4 Å². The van der Waals surface area contributed by atoms with Crippen molar-refractivity contribution in [3.8, 4) is 11.8 Å². The highest BCUT2D eigenvalue weighted by atomic mass is 32.1. The van der Waals surface area contributed by atoms with E-state index in [1.54, 1.807) is 31.5 Å². The lowest BCUT2D eigenvalue weighted by Crippen LogP contribution is -2.32. The van der Waals surface area contributed by atoms with Crippen molar-refractivity contribution in [2.24, 2.45) is 0 Å². The number of rotatable bonds is 2. The van der Waals surface area contributed by atoms with Crippen molar-refractivity contribution in [2.45, 2.75) is 26.4 Å². The molecule has 0 saturated heterocycles. The summed E-state index contributed by atoms with van der Waals surface area (Å²) < 4.78 is 5.05. The van der Waals surface area contributed by atoms with Crippen LogP contribution in [0.1, 0.15) is 36.7 Å². The fourth-order valence-corrected chi connectivity index (χ4v) is 1.80. The maximum Gasteiger partial charge on any atom is 0.408 e. The van der Waals surface area contributed by atoms with Crippen LogP contribution in [-0.2, 0) is 4.74 Å². The standard InChI is InChI=1S/C13H15NO3S/c1-13(2,3)17-12(16)14-6-4-5-10-8-18-9-11(10)7-15/h7-9H,6H2,1-3H3,(H,14,16). The molecule has 0 bridgehead atoms. The first-order valence-corrected chi connectivity index (χ1v) is 6.34. The highest BCUT2D eigenvalue weighted by Gasteiger charge is 2.14. The number of carbonyl (C=O) groups excluding carboxylic acids is 2. The van der Waals surface area contributed by atoms with Crippen molar-refractivity contribution >= 4 is 23.7 Å². The average Bonchev–Trinajstić information content (AvgIpc) is 2.69. The molecule has 0 fully saturated rings. The normalized spacial score (nSPS) is 10.2. The summed E-state index contributed by atoms with van der Waals surface area (Å²) in [5.74, 6) is 5.59. The number of thiophene rings is 1. The van der Waals surface area contributed by atoms with E-state index in [0.29, 0.717) is 11.1 Å². The van der Waals surface area contributed by atoms with E-state index in [2.05, 4.69) is 17.2 Å². The van der Waals surface area contributed by atoms with Crippen LogP contribution in [0.15, 0.2) is 10.8 Å². The van der Waals surface area contributed by atoms with Crippen molar-refractivity contribution in [2.75, 3.05) is 6.54 Å². The Bertz CT molecular complexity index is 488. The molecule has 0 unspecified atom stereocenters. The summed E-state index contributed by atoms with van der Waals surface area (Å²) in [5, 5.41) is 6.05. The van der Waals surface area contributed by atoms with E-state index < -0.39 is 11.7 Å². The van der Waals surface area contributed by atoms with E-state index in [9.17, 15) is 9.59 Å². The van der Waals surface area contributed by atoms with E-state index in [0.717, 1.165) is 6.29 Å². The Balaban J connectivity index is 2.43. The van der Waals surface area contributed by atoms with Crippen LogP contribution in [0.4, 0.5) is 4.79 Å². The summed E-state index contributed by atoms with van der Waals surface area (Å²) in [4.78, 5) is 21.9. The van der Waals surface area contributed by atoms with E-state index in [1.807, 2.05) is 0 Å². The lowest BCUT2D eigenvalue weighted by atomic mass is 10.2. The molecule has 96 valence electrons. The molecule has 1 heterocycles. The van der Waals surface area contributed by atoms with Gasteiger partial charge in [-0.2, -0.15) is 11.3 Å². The van der Waals surface area contributed by atoms with Gasteiger partial charge in [-0.05, 0) is 20.8 Å². The number of nitrogens with one attached hydrogen (secondary N) is 1. The number of amides is 1. The maximum absolute atomic E-state index is 11.3. The maximum atomic E-state index is 11.3. The molecule has 1 aromatic heterocycles. The zero-order valence-corrected chi connectivity index (χ0v) is 11.4. The summed E-state index contributed by atoms with van der Waals surface area (Å²) in [6.07, 6.45) is 0.264. The fraction of sp³-hybridized carbons (Fsp3) is 0.385. The van der Waals surface area contributed by atoms with Gasteiger partial charge in [0.2, 0.25) is 0 Å². The van der Waals surface area contributed by atoms with Crippen molar-refractivity contribution in [1.29, 1.82) is 0 Å². The van der Waals surface area contributed by atoms with Gasteiger partial charge in [-0.15, -0.1) is 0 Å². The minimum Gasteiger partial charge on any atom is -0.444 e. The quantitative estimate of drug-likeness (QED) is 0.660. The minimum atomic E-state index is -0.518. The molecule has 0 radical (unpaired) electrons. The summed E-state index contributed by atoms with van der Waals surface area (Å²) in [6, 6.07) is 0. The Hall–Kier alpha value is -1.80. The molecule has 0 aliphatic carbocycles. The van der Waals surface area contributed by atoms with Crippen molar-refractivity contribution in [3.05, 3.63) is 21.9 Å². The number of aldehydes is 1. The second-order valence-corrected chi connectivity index (χ2v) is 5.26. The first-order chi connectivity index (χ1) is 8.42. The molecular formula is C13H15NO3S. The molecule has 0 aromatic carbocycles. The summed E-state index contributed by atoms with van der Waals surface area (Å²) >= 11 is 1.42.